The molecule has 25 heavy (non-hydrogen) atoms. The number of benzene rings is 2. The summed E-state index contributed by atoms with van der Waals surface area (Å²) in [6.07, 6.45) is 0. The maximum atomic E-state index is 12.5. The number of carbonyl (C=O) groups is 2. The monoisotopic (exact) mass is 336 g/mol. The van der Waals surface area contributed by atoms with Crippen molar-refractivity contribution in [3.63, 3.8) is 0 Å². The van der Waals surface area contributed by atoms with Crippen LogP contribution in [0, 0.1) is 0 Å². The molecule has 126 valence electrons. The first-order chi connectivity index (χ1) is 12.0. The number of nitrogens with zero attached hydrogens (tertiary/aromatic N) is 2. The number of amides is 3. The van der Waals surface area contributed by atoms with Gasteiger partial charge in [0.15, 0.2) is 11.6 Å². The number of nitrogen functional groups attached to an aromatic ring is 1. The predicted octanol–water partition coefficient (Wildman–Crippen LogP) is 3.51. The molecule has 3 aromatic rings. The molecule has 0 aliphatic heterocycles. The molecule has 0 fully saturated rings. The minimum Gasteiger partial charge on any atom is -0.399 e. The molecular weight excluding hydrogens is 320 g/mol. The summed E-state index contributed by atoms with van der Waals surface area (Å²) < 4.78 is 5.23. The molecule has 0 aliphatic carbocycles. The summed E-state index contributed by atoms with van der Waals surface area (Å²) in [6, 6.07) is 16.7. The third-order valence-electron chi connectivity index (χ3n) is 3.47. The van der Waals surface area contributed by atoms with E-state index in [1.807, 2.05) is 30.3 Å². The lowest BCUT2D eigenvalue weighted by Crippen LogP contribution is -2.38. The molecule has 0 atom stereocenters. The van der Waals surface area contributed by atoms with Gasteiger partial charge in [-0.05, 0) is 24.3 Å². The molecule has 1 heterocycles. The van der Waals surface area contributed by atoms with E-state index in [1.165, 1.54) is 6.92 Å². The van der Waals surface area contributed by atoms with Gasteiger partial charge in [0.05, 0.1) is 5.69 Å². The number of rotatable bonds is 3. The highest BCUT2D eigenvalue weighted by molar-refractivity contribution is 6.17. The van der Waals surface area contributed by atoms with Gasteiger partial charge < -0.3 is 10.3 Å². The van der Waals surface area contributed by atoms with Crippen molar-refractivity contribution in [2.45, 2.75) is 6.92 Å². The normalized spacial score (nSPS) is 10.3. The van der Waals surface area contributed by atoms with Crippen molar-refractivity contribution < 1.29 is 14.1 Å². The van der Waals surface area contributed by atoms with Crippen LogP contribution >= 0.6 is 0 Å². The number of imide groups is 1. The highest BCUT2D eigenvalue weighted by atomic mass is 16.5. The van der Waals surface area contributed by atoms with Crippen LogP contribution in [0.25, 0.3) is 11.3 Å². The second kappa shape index (κ2) is 6.88. The van der Waals surface area contributed by atoms with Crippen LogP contribution in [-0.4, -0.2) is 17.1 Å². The Balaban J connectivity index is 1.79. The first kappa shape index (κ1) is 16.3. The van der Waals surface area contributed by atoms with Gasteiger partial charge in [-0.2, -0.15) is 0 Å². The Morgan fingerprint density at radius 2 is 1.76 bits per heavy atom. The Morgan fingerprint density at radius 1 is 1.08 bits per heavy atom. The lowest BCUT2D eigenvalue weighted by atomic mass is 10.2. The maximum Gasteiger partial charge on any atom is 0.334 e. The average Bonchev–Trinajstić information content (AvgIpc) is 3.06. The lowest BCUT2D eigenvalue weighted by molar-refractivity contribution is -0.115. The number of hydrogen-bond donors (Lipinski definition) is 2. The highest BCUT2D eigenvalue weighted by Crippen LogP contribution is 2.23. The van der Waals surface area contributed by atoms with Crippen LogP contribution in [0.15, 0.2) is 65.2 Å². The maximum absolute atomic E-state index is 12.5. The van der Waals surface area contributed by atoms with Crippen molar-refractivity contribution >= 4 is 29.1 Å². The minimum atomic E-state index is -0.634. The number of nitrogens with one attached hydrogen (secondary N) is 1. The van der Waals surface area contributed by atoms with Gasteiger partial charge >= 0.3 is 6.03 Å². The van der Waals surface area contributed by atoms with Crippen molar-refractivity contribution in [2.24, 2.45) is 0 Å². The van der Waals surface area contributed by atoms with Crippen LogP contribution in [0.2, 0.25) is 0 Å². The fourth-order valence-electron chi connectivity index (χ4n) is 2.30. The Hall–Kier alpha value is -3.61. The molecule has 3 N–H and O–H groups in total. The van der Waals surface area contributed by atoms with E-state index in [9.17, 15) is 9.59 Å². The Kier molecular flexibility index (Phi) is 4.47. The van der Waals surface area contributed by atoms with E-state index in [1.54, 1.807) is 30.3 Å². The zero-order valence-electron chi connectivity index (χ0n) is 13.5. The standard InChI is InChI=1S/C18H16N4O3/c1-12(23)22(15-9-7-14(19)8-10-15)18(24)20-17-11-16(25-21-17)13-5-3-2-4-6-13/h2-11H,19H2,1H3,(H,20,21,24). The molecule has 0 spiro atoms. The van der Waals surface area contributed by atoms with E-state index in [2.05, 4.69) is 10.5 Å². The quantitative estimate of drug-likeness (QED) is 0.713. The van der Waals surface area contributed by atoms with Gasteiger partial charge in [-0.25, -0.2) is 9.69 Å². The van der Waals surface area contributed by atoms with Crippen LogP contribution in [0.1, 0.15) is 6.92 Å². The van der Waals surface area contributed by atoms with E-state index in [4.69, 9.17) is 10.3 Å². The van der Waals surface area contributed by atoms with Gasteiger partial charge in [-0.3, -0.25) is 10.1 Å². The molecule has 0 bridgehead atoms. The Bertz CT molecular complexity index is 888. The van der Waals surface area contributed by atoms with Crippen LogP contribution in [-0.2, 0) is 4.79 Å². The number of carbonyl (C=O) groups excluding carboxylic acids is 2. The number of nitrogens with two attached hydrogens (primary N) is 1. The van der Waals surface area contributed by atoms with E-state index in [0.29, 0.717) is 17.1 Å². The first-order valence-electron chi connectivity index (χ1n) is 7.54. The molecule has 3 amide bonds. The van der Waals surface area contributed by atoms with E-state index in [0.717, 1.165) is 10.5 Å². The third-order valence-corrected chi connectivity index (χ3v) is 3.47. The fourth-order valence-corrected chi connectivity index (χ4v) is 2.30. The van der Waals surface area contributed by atoms with Crippen LogP contribution in [0.4, 0.5) is 22.0 Å². The topological polar surface area (TPSA) is 101 Å². The molecule has 0 aliphatic rings. The van der Waals surface area contributed by atoms with Crippen molar-refractivity contribution in [1.82, 2.24) is 5.16 Å². The molecule has 3 rings (SSSR count). The van der Waals surface area contributed by atoms with Gasteiger partial charge in [0.25, 0.3) is 0 Å². The largest absolute Gasteiger partial charge is 0.399 e. The molecule has 7 nitrogen and oxygen atoms in total. The minimum absolute atomic E-state index is 0.213. The highest BCUT2D eigenvalue weighted by Gasteiger charge is 2.21. The van der Waals surface area contributed by atoms with Crippen molar-refractivity contribution in [3.8, 4) is 11.3 Å². The van der Waals surface area contributed by atoms with Gasteiger partial charge in [-0.15, -0.1) is 0 Å². The Morgan fingerprint density at radius 3 is 2.40 bits per heavy atom. The van der Waals surface area contributed by atoms with Crippen LogP contribution in [0.5, 0.6) is 0 Å². The smallest absolute Gasteiger partial charge is 0.334 e. The summed E-state index contributed by atoms with van der Waals surface area (Å²) in [4.78, 5) is 25.3. The number of hydrogen-bond acceptors (Lipinski definition) is 5. The zero-order chi connectivity index (χ0) is 17.8. The number of urea groups is 1. The first-order valence-corrected chi connectivity index (χ1v) is 7.54. The zero-order valence-corrected chi connectivity index (χ0v) is 13.5. The fraction of sp³-hybridized carbons (Fsp3) is 0.0556. The summed E-state index contributed by atoms with van der Waals surface area (Å²) in [6.45, 7) is 1.30. The lowest BCUT2D eigenvalue weighted by Gasteiger charge is -2.19. The van der Waals surface area contributed by atoms with E-state index >= 15 is 0 Å². The van der Waals surface area contributed by atoms with Crippen LogP contribution < -0.4 is 16.0 Å². The summed E-state index contributed by atoms with van der Waals surface area (Å²) >= 11 is 0. The van der Waals surface area contributed by atoms with Gasteiger partial charge in [-0.1, -0.05) is 35.5 Å². The number of aromatic nitrogens is 1. The van der Waals surface area contributed by atoms with E-state index in [-0.39, 0.29) is 5.82 Å². The summed E-state index contributed by atoms with van der Waals surface area (Å²) in [5.74, 6) is 0.289. The van der Waals surface area contributed by atoms with E-state index < -0.39 is 11.9 Å². The second-order valence-corrected chi connectivity index (χ2v) is 5.32. The number of anilines is 3. The molecule has 0 saturated carbocycles. The molecule has 2 aromatic carbocycles. The Labute approximate surface area is 144 Å². The molecule has 1 aromatic heterocycles. The third kappa shape index (κ3) is 3.66. The molecule has 0 radical (unpaired) electrons. The summed E-state index contributed by atoms with van der Waals surface area (Å²) in [5.41, 5.74) is 7.41. The van der Waals surface area contributed by atoms with Crippen molar-refractivity contribution in [3.05, 3.63) is 60.7 Å². The molecule has 7 heteroatoms. The molecule has 0 saturated heterocycles. The second-order valence-electron chi connectivity index (χ2n) is 5.32. The molecular formula is C18H16N4O3. The summed E-state index contributed by atoms with van der Waals surface area (Å²) in [5, 5.41) is 6.37. The van der Waals surface area contributed by atoms with Gasteiger partial charge in [0.1, 0.15) is 0 Å². The van der Waals surface area contributed by atoms with Gasteiger partial charge in [0.2, 0.25) is 5.91 Å². The average molecular weight is 336 g/mol. The predicted molar refractivity (Wildman–Crippen MR) is 95.0 cm³/mol. The van der Waals surface area contributed by atoms with Gasteiger partial charge in [0, 0.05) is 24.2 Å². The van der Waals surface area contributed by atoms with Crippen LogP contribution in [0.3, 0.4) is 0 Å². The molecule has 0 unspecified atom stereocenters. The summed E-state index contributed by atoms with van der Waals surface area (Å²) in [7, 11) is 0. The van der Waals surface area contributed by atoms with Crippen molar-refractivity contribution in [1.29, 1.82) is 0 Å². The SMILES string of the molecule is CC(=O)N(C(=O)Nc1cc(-c2ccccc2)on1)c1ccc(N)cc1. The van der Waals surface area contributed by atoms with Crippen molar-refractivity contribution in [2.75, 3.05) is 16.0 Å².